The number of hydrogen-bond acceptors (Lipinski definition) is 3. The summed E-state index contributed by atoms with van der Waals surface area (Å²) < 4.78 is 13.7. The summed E-state index contributed by atoms with van der Waals surface area (Å²) in [5.74, 6) is 1.35. The molecule has 1 atom stereocenters. The Hall–Kier alpha value is -1.46. The van der Waals surface area contributed by atoms with Crippen molar-refractivity contribution in [2.45, 2.75) is 44.9 Å². The SMILES string of the molecule is O=C(CCCC1CNNC1)N1CCCC(CCc2ccccc2F)C1. The van der Waals surface area contributed by atoms with E-state index in [0.29, 0.717) is 24.2 Å². The van der Waals surface area contributed by atoms with Crippen molar-refractivity contribution < 1.29 is 9.18 Å². The molecular formula is C20H30FN3O. The molecule has 1 unspecified atom stereocenters. The minimum atomic E-state index is -0.109. The third-order valence-electron chi connectivity index (χ3n) is 5.56. The van der Waals surface area contributed by atoms with E-state index in [2.05, 4.69) is 10.9 Å². The lowest BCUT2D eigenvalue weighted by atomic mass is 9.91. The fourth-order valence-corrected chi connectivity index (χ4v) is 4.00. The molecule has 2 heterocycles. The molecule has 1 aromatic rings. The molecule has 0 aliphatic carbocycles. The summed E-state index contributed by atoms with van der Waals surface area (Å²) >= 11 is 0. The van der Waals surface area contributed by atoms with Crippen LogP contribution in [0.4, 0.5) is 4.39 Å². The first kappa shape index (κ1) is 18.3. The number of hydrogen-bond donors (Lipinski definition) is 2. The molecule has 0 spiro atoms. The smallest absolute Gasteiger partial charge is 0.222 e. The van der Waals surface area contributed by atoms with Crippen LogP contribution in [-0.2, 0) is 11.2 Å². The van der Waals surface area contributed by atoms with E-state index in [1.807, 2.05) is 17.0 Å². The predicted octanol–water partition coefficient (Wildman–Crippen LogP) is 2.89. The Kier molecular flexibility index (Phi) is 6.82. The molecule has 0 radical (unpaired) electrons. The molecule has 2 aliphatic heterocycles. The summed E-state index contributed by atoms with van der Waals surface area (Å²) in [6.07, 6.45) is 6.70. The number of hydrazine groups is 1. The summed E-state index contributed by atoms with van der Waals surface area (Å²) in [6.45, 7) is 3.76. The van der Waals surface area contributed by atoms with E-state index >= 15 is 0 Å². The van der Waals surface area contributed by atoms with Gasteiger partial charge in [-0.1, -0.05) is 18.2 Å². The molecule has 1 amide bonds. The topological polar surface area (TPSA) is 44.4 Å². The van der Waals surface area contributed by atoms with Crippen molar-refractivity contribution in [2.75, 3.05) is 26.2 Å². The van der Waals surface area contributed by atoms with Gasteiger partial charge in [-0.2, -0.15) is 0 Å². The molecule has 138 valence electrons. The number of rotatable bonds is 7. The Balaban J connectivity index is 1.39. The van der Waals surface area contributed by atoms with Crippen LogP contribution in [0, 0.1) is 17.7 Å². The quantitative estimate of drug-likeness (QED) is 0.797. The highest BCUT2D eigenvalue weighted by Gasteiger charge is 2.24. The summed E-state index contributed by atoms with van der Waals surface area (Å²) in [5.41, 5.74) is 7.07. The van der Waals surface area contributed by atoms with Crippen LogP contribution in [0.25, 0.3) is 0 Å². The Morgan fingerprint density at radius 2 is 1.96 bits per heavy atom. The first-order valence-electron chi connectivity index (χ1n) is 9.69. The molecule has 0 bridgehead atoms. The Morgan fingerprint density at radius 3 is 2.76 bits per heavy atom. The number of nitrogens with zero attached hydrogens (tertiary/aromatic N) is 1. The zero-order valence-electron chi connectivity index (χ0n) is 15.0. The Morgan fingerprint density at radius 1 is 1.16 bits per heavy atom. The van der Waals surface area contributed by atoms with Crippen molar-refractivity contribution in [1.29, 1.82) is 0 Å². The maximum Gasteiger partial charge on any atom is 0.222 e. The molecule has 2 fully saturated rings. The van der Waals surface area contributed by atoms with Crippen LogP contribution in [0.3, 0.4) is 0 Å². The van der Waals surface area contributed by atoms with Gasteiger partial charge in [0.15, 0.2) is 0 Å². The standard InChI is InChI=1S/C20H30FN3O/c21-19-8-2-1-7-18(19)11-10-16-6-4-12-24(15-16)20(25)9-3-5-17-13-22-23-14-17/h1-2,7-8,16-17,22-23H,3-6,9-15H2. The van der Waals surface area contributed by atoms with Crippen LogP contribution in [0.2, 0.25) is 0 Å². The van der Waals surface area contributed by atoms with Crippen molar-refractivity contribution in [3.05, 3.63) is 35.6 Å². The highest BCUT2D eigenvalue weighted by Crippen LogP contribution is 2.23. The molecule has 2 aliphatic rings. The molecule has 1 aromatic carbocycles. The minimum Gasteiger partial charge on any atom is -0.342 e. The molecule has 2 N–H and O–H groups in total. The lowest BCUT2D eigenvalue weighted by molar-refractivity contribution is -0.133. The first-order valence-corrected chi connectivity index (χ1v) is 9.69. The number of amides is 1. The van der Waals surface area contributed by atoms with Crippen molar-refractivity contribution in [3.8, 4) is 0 Å². The average Bonchev–Trinajstić information content (AvgIpc) is 3.15. The molecular weight excluding hydrogens is 317 g/mol. The van der Waals surface area contributed by atoms with Gasteiger partial charge >= 0.3 is 0 Å². The fourth-order valence-electron chi connectivity index (χ4n) is 4.00. The van der Waals surface area contributed by atoms with Crippen LogP contribution in [-0.4, -0.2) is 37.0 Å². The van der Waals surface area contributed by atoms with Gasteiger partial charge < -0.3 is 4.90 Å². The second-order valence-electron chi connectivity index (χ2n) is 7.50. The van der Waals surface area contributed by atoms with Crippen LogP contribution < -0.4 is 10.9 Å². The Labute approximate surface area is 150 Å². The third-order valence-corrected chi connectivity index (χ3v) is 5.56. The van der Waals surface area contributed by atoms with E-state index in [0.717, 1.165) is 70.3 Å². The van der Waals surface area contributed by atoms with Crippen molar-refractivity contribution in [2.24, 2.45) is 11.8 Å². The number of nitrogens with one attached hydrogen (secondary N) is 2. The van der Waals surface area contributed by atoms with Crippen LogP contribution in [0.1, 0.15) is 44.1 Å². The number of carbonyl (C=O) groups is 1. The second-order valence-corrected chi connectivity index (χ2v) is 7.50. The minimum absolute atomic E-state index is 0.109. The van der Waals surface area contributed by atoms with Crippen LogP contribution in [0.5, 0.6) is 0 Å². The normalized spacial score (nSPS) is 21.6. The maximum absolute atomic E-state index is 13.7. The van der Waals surface area contributed by atoms with Crippen LogP contribution >= 0.6 is 0 Å². The predicted molar refractivity (Wildman–Crippen MR) is 97.4 cm³/mol. The first-order chi connectivity index (χ1) is 12.2. The second kappa shape index (κ2) is 9.30. The fraction of sp³-hybridized carbons (Fsp3) is 0.650. The summed E-state index contributed by atoms with van der Waals surface area (Å²) in [6, 6.07) is 7.03. The number of benzene rings is 1. The molecule has 2 saturated heterocycles. The Bertz CT molecular complexity index is 560. The average molecular weight is 347 g/mol. The lowest BCUT2D eigenvalue weighted by Crippen LogP contribution is -2.40. The van der Waals surface area contributed by atoms with Gasteiger partial charge in [0.1, 0.15) is 5.82 Å². The van der Waals surface area contributed by atoms with Gasteiger partial charge in [0.05, 0.1) is 0 Å². The summed E-state index contributed by atoms with van der Waals surface area (Å²) in [4.78, 5) is 14.5. The van der Waals surface area contributed by atoms with Crippen molar-refractivity contribution in [3.63, 3.8) is 0 Å². The van der Waals surface area contributed by atoms with Gasteiger partial charge in [0.25, 0.3) is 0 Å². The van der Waals surface area contributed by atoms with E-state index in [1.54, 1.807) is 6.07 Å². The van der Waals surface area contributed by atoms with Gasteiger partial charge in [-0.3, -0.25) is 15.6 Å². The molecule has 25 heavy (non-hydrogen) atoms. The number of aryl methyl sites for hydroxylation is 1. The van der Waals surface area contributed by atoms with Crippen molar-refractivity contribution >= 4 is 5.91 Å². The van der Waals surface area contributed by atoms with Gasteiger partial charge in [-0.05, 0) is 62.0 Å². The van der Waals surface area contributed by atoms with Gasteiger partial charge in [0, 0.05) is 32.6 Å². The highest BCUT2D eigenvalue weighted by atomic mass is 19.1. The molecule has 5 heteroatoms. The number of likely N-dealkylation sites (tertiary alicyclic amines) is 1. The van der Waals surface area contributed by atoms with E-state index < -0.39 is 0 Å². The lowest BCUT2D eigenvalue weighted by Gasteiger charge is -2.33. The van der Waals surface area contributed by atoms with Gasteiger partial charge in [-0.15, -0.1) is 0 Å². The van der Waals surface area contributed by atoms with Crippen LogP contribution in [0.15, 0.2) is 24.3 Å². The van der Waals surface area contributed by atoms with E-state index in [-0.39, 0.29) is 5.82 Å². The van der Waals surface area contributed by atoms with Gasteiger partial charge in [0.2, 0.25) is 5.91 Å². The van der Waals surface area contributed by atoms with E-state index in [9.17, 15) is 9.18 Å². The largest absolute Gasteiger partial charge is 0.342 e. The summed E-state index contributed by atoms with van der Waals surface area (Å²) in [7, 11) is 0. The molecule has 4 nitrogen and oxygen atoms in total. The third kappa shape index (κ3) is 5.51. The number of carbonyl (C=O) groups excluding carboxylic acids is 1. The number of piperidine rings is 1. The number of halogens is 1. The molecule has 0 aromatic heterocycles. The maximum atomic E-state index is 13.7. The van der Waals surface area contributed by atoms with Crippen molar-refractivity contribution in [1.82, 2.24) is 15.8 Å². The zero-order valence-corrected chi connectivity index (χ0v) is 15.0. The molecule has 3 rings (SSSR count). The van der Waals surface area contributed by atoms with Gasteiger partial charge in [-0.25, -0.2) is 4.39 Å². The highest BCUT2D eigenvalue weighted by molar-refractivity contribution is 5.76. The van der Waals surface area contributed by atoms with E-state index in [4.69, 9.17) is 0 Å². The molecule has 0 saturated carbocycles. The van der Waals surface area contributed by atoms with E-state index in [1.165, 1.54) is 6.07 Å². The monoisotopic (exact) mass is 347 g/mol. The zero-order chi connectivity index (χ0) is 17.5. The summed E-state index contributed by atoms with van der Waals surface area (Å²) in [5, 5.41) is 0.